The van der Waals surface area contributed by atoms with Gasteiger partial charge in [-0.1, -0.05) is 48.5 Å². The molecular weight excluding hydrogens is 492 g/mol. The summed E-state index contributed by atoms with van der Waals surface area (Å²) in [5.41, 5.74) is 4.88. The van der Waals surface area contributed by atoms with Crippen molar-refractivity contribution in [3.05, 3.63) is 95.2 Å². The third-order valence-electron chi connectivity index (χ3n) is 6.32. The van der Waals surface area contributed by atoms with Gasteiger partial charge < -0.3 is 19.8 Å². The Balaban J connectivity index is 1.61. The zero-order chi connectivity index (χ0) is 28.0. The molecule has 0 fully saturated rings. The van der Waals surface area contributed by atoms with Crippen molar-refractivity contribution in [2.45, 2.75) is 45.6 Å². The molecule has 0 saturated carbocycles. The number of benzene rings is 3. The first-order valence-corrected chi connectivity index (χ1v) is 13.0. The lowest BCUT2D eigenvalue weighted by Gasteiger charge is -2.20. The highest BCUT2D eigenvalue weighted by Crippen LogP contribution is 2.30. The number of carbonyl (C=O) groups excluding carboxylic acids is 3. The third-order valence-corrected chi connectivity index (χ3v) is 6.32. The molecule has 0 aliphatic carbocycles. The van der Waals surface area contributed by atoms with Crippen LogP contribution in [-0.2, 0) is 20.7 Å². The van der Waals surface area contributed by atoms with E-state index >= 15 is 0 Å². The Morgan fingerprint density at radius 2 is 1.62 bits per heavy atom. The maximum Gasteiger partial charge on any atom is 0.307 e. The summed E-state index contributed by atoms with van der Waals surface area (Å²) in [4.78, 5) is 41.6. The fourth-order valence-electron chi connectivity index (χ4n) is 4.55. The van der Waals surface area contributed by atoms with Crippen LogP contribution in [0.15, 0.2) is 72.9 Å². The number of nitrogens with one attached hydrogen (secondary N) is 2. The zero-order valence-corrected chi connectivity index (χ0v) is 22.8. The molecule has 39 heavy (non-hydrogen) atoms. The van der Waals surface area contributed by atoms with E-state index in [4.69, 9.17) is 9.47 Å². The molecule has 0 spiro atoms. The number of amides is 1. The Kier molecular flexibility index (Phi) is 8.62. The maximum absolute atomic E-state index is 14.0. The van der Waals surface area contributed by atoms with E-state index in [-0.39, 0.29) is 36.4 Å². The number of H-pyrrole nitrogens is 1. The van der Waals surface area contributed by atoms with E-state index in [0.29, 0.717) is 29.5 Å². The Hall–Kier alpha value is -4.23. The molecule has 0 aliphatic heterocycles. The summed E-state index contributed by atoms with van der Waals surface area (Å²) >= 11 is 0. The Morgan fingerprint density at radius 3 is 2.33 bits per heavy atom. The first-order chi connectivity index (χ1) is 18.7. The number of esters is 1. The standard InChI is InChI=1S/C32H34N2O5/c1-32(2,3)34-31(37)22-17-15-21(16-18-22)24-10-5-6-11-25(24)30(36)26-12-8-13-27-29(26)23(19-33-27)9-7-14-28(35)39-20-38-4/h5-6,8,10-13,15-19,33H,7,9,14,20H2,1-4H3,(H,34,37). The van der Waals surface area contributed by atoms with Crippen molar-refractivity contribution < 1.29 is 23.9 Å². The fraction of sp³-hybridized carbons (Fsp3) is 0.281. The zero-order valence-electron chi connectivity index (χ0n) is 22.8. The predicted molar refractivity (Wildman–Crippen MR) is 152 cm³/mol. The van der Waals surface area contributed by atoms with Gasteiger partial charge in [-0.25, -0.2) is 0 Å². The minimum atomic E-state index is -0.333. The number of carbonyl (C=O) groups is 3. The maximum atomic E-state index is 14.0. The van der Waals surface area contributed by atoms with Crippen LogP contribution < -0.4 is 5.32 Å². The van der Waals surface area contributed by atoms with Crippen molar-refractivity contribution in [2.24, 2.45) is 0 Å². The van der Waals surface area contributed by atoms with Gasteiger partial charge in [-0.3, -0.25) is 14.4 Å². The second-order valence-corrected chi connectivity index (χ2v) is 10.5. The number of fused-ring (bicyclic) bond motifs is 1. The largest absolute Gasteiger partial charge is 0.438 e. The van der Waals surface area contributed by atoms with E-state index in [0.717, 1.165) is 27.6 Å². The van der Waals surface area contributed by atoms with Crippen LogP contribution in [0.4, 0.5) is 0 Å². The predicted octanol–water partition coefficient (Wildman–Crippen LogP) is 6.06. The van der Waals surface area contributed by atoms with Crippen molar-refractivity contribution in [3.8, 4) is 11.1 Å². The van der Waals surface area contributed by atoms with Gasteiger partial charge in [0.25, 0.3) is 5.91 Å². The third kappa shape index (κ3) is 6.81. The Bertz CT molecular complexity index is 1480. The number of aromatic nitrogens is 1. The van der Waals surface area contributed by atoms with Gasteiger partial charge in [0, 0.05) is 52.9 Å². The van der Waals surface area contributed by atoms with Gasteiger partial charge in [-0.15, -0.1) is 0 Å². The number of hydrogen-bond acceptors (Lipinski definition) is 5. The lowest BCUT2D eigenvalue weighted by molar-refractivity contribution is -0.154. The highest BCUT2D eigenvalue weighted by Gasteiger charge is 2.20. The van der Waals surface area contributed by atoms with E-state index in [1.165, 1.54) is 7.11 Å². The number of hydrogen-bond donors (Lipinski definition) is 2. The molecule has 2 N–H and O–H groups in total. The van der Waals surface area contributed by atoms with E-state index in [2.05, 4.69) is 10.3 Å². The summed E-state index contributed by atoms with van der Waals surface area (Å²) in [6, 6.07) is 20.4. The van der Waals surface area contributed by atoms with Crippen molar-refractivity contribution in [1.82, 2.24) is 10.3 Å². The fourth-order valence-corrected chi connectivity index (χ4v) is 4.55. The normalized spacial score (nSPS) is 11.4. The molecule has 0 aliphatic rings. The molecule has 7 heteroatoms. The quantitative estimate of drug-likeness (QED) is 0.149. The van der Waals surface area contributed by atoms with Crippen molar-refractivity contribution in [2.75, 3.05) is 13.9 Å². The average Bonchev–Trinajstić information content (AvgIpc) is 3.34. The number of aromatic amines is 1. The lowest BCUT2D eigenvalue weighted by Crippen LogP contribution is -2.40. The average molecular weight is 527 g/mol. The van der Waals surface area contributed by atoms with Gasteiger partial charge in [0.2, 0.25) is 0 Å². The van der Waals surface area contributed by atoms with Crippen LogP contribution in [-0.4, -0.2) is 42.1 Å². The molecule has 0 atom stereocenters. The Labute approximate surface area is 228 Å². The number of ether oxygens (including phenoxy) is 2. The SMILES string of the molecule is COCOC(=O)CCCc1c[nH]c2cccc(C(=O)c3ccccc3-c3ccc(C(=O)NC(C)(C)C)cc3)c12. The van der Waals surface area contributed by atoms with Crippen LogP contribution >= 0.6 is 0 Å². The molecule has 0 radical (unpaired) electrons. The van der Waals surface area contributed by atoms with Crippen molar-refractivity contribution in [3.63, 3.8) is 0 Å². The molecule has 1 aromatic heterocycles. The monoisotopic (exact) mass is 526 g/mol. The van der Waals surface area contributed by atoms with E-state index in [1.54, 1.807) is 12.1 Å². The van der Waals surface area contributed by atoms with E-state index < -0.39 is 0 Å². The number of rotatable bonds is 10. The number of ketones is 1. The number of methoxy groups -OCH3 is 1. The molecule has 1 amide bonds. The molecule has 4 aromatic rings. The summed E-state index contributed by atoms with van der Waals surface area (Å²) in [6.07, 6.45) is 3.36. The summed E-state index contributed by atoms with van der Waals surface area (Å²) in [5.74, 6) is -0.549. The smallest absolute Gasteiger partial charge is 0.307 e. The molecule has 4 rings (SSSR count). The van der Waals surface area contributed by atoms with Crippen LogP contribution in [0, 0.1) is 0 Å². The molecule has 0 saturated heterocycles. The van der Waals surface area contributed by atoms with Crippen LogP contribution in [0.5, 0.6) is 0 Å². The molecule has 0 unspecified atom stereocenters. The summed E-state index contributed by atoms with van der Waals surface area (Å²) in [6.45, 7) is 5.76. The minimum Gasteiger partial charge on any atom is -0.438 e. The molecular formula is C32H34N2O5. The molecule has 202 valence electrons. The second-order valence-electron chi connectivity index (χ2n) is 10.5. The molecule has 3 aromatic carbocycles. The molecule has 0 bridgehead atoms. The van der Waals surface area contributed by atoms with Gasteiger partial charge >= 0.3 is 5.97 Å². The summed E-state index contributed by atoms with van der Waals surface area (Å²) < 4.78 is 9.75. The lowest BCUT2D eigenvalue weighted by atomic mass is 9.91. The number of aryl methyl sites for hydroxylation is 1. The van der Waals surface area contributed by atoms with Gasteiger partial charge in [0.1, 0.15) is 0 Å². The van der Waals surface area contributed by atoms with Crippen LogP contribution in [0.1, 0.15) is 65.5 Å². The van der Waals surface area contributed by atoms with Gasteiger partial charge in [0.15, 0.2) is 12.6 Å². The Morgan fingerprint density at radius 1 is 0.897 bits per heavy atom. The first kappa shape index (κ1) is 27.8. The molecule has 7 nitrogen and oxygen atoms in total. The topological polar surface area (TPSA) is 97.5 Å². The van der Waals surface area contributed by atoms with Crippen molar-refractivity contribution in [1.29, 1.82) is 0 Å². The second kappa shape index (κ2) is 12.1. The van der Waals surface area contributed by atoms with Crippen molar-refractivity contribution >= 4 is 28.6 Å². The van der Waals surface area contributed by atoms with E-state index in [9.17, 15) is 14.4 Å². The van der Waals surface area contributed by atoms with E-state index in [1.807, 2.05) is 81.6 Å². The minimum absolute atomic E-state index is 0.0587. The van der Waals surface area contributed by atoms with Crippen LogP contribution in [0.2, 0.25) is 0 Å². The highest BCUT2D eigenvalue weighted by atomic mass is 16.7. The first-order valence-electron chi connectivity index (χ1n) is 13.0. The van der Waals surface area contributed by atoms with Gasteiger partial charge in [-0.2, -0.15) is 0 Å². The highest BCUT2D eigenvalue weighted by molar-refractivity contribution is 6.19. The van der Waals surface area contributed by atoms with Gasteiger partial charge in [-0.05, 0) is 68.5 Å². The van der Waals surface area contributed by atoms with Crippen LogP contribution in [0.25, 0.3) is 22.0 Å². The summed E-state index contributed by atoms with van der Waals surface area (Å²) in [5, 5.41) is 3.83. The van der Waals surface area contributed by atoms with Crippen LogP contribution in [0.3, 0.4) is 0 Å². The molecule has 1 heterocycles. The summed E-state index contributed by atoms with van der Waals surface area (Å²) in [7, 11) is 1.47. The van der Waals surface area contributed by atoms with Gasteiger partial charge in [0.05, 0.1) is 0 Å².